The van der Waals surface area contributed by atoms with E-state index in [4.69, 9.17) is 10.00 Å². The highest BCUT2D eigenvalue weighted by Crippen LogP contribution is 2.38. The van der Waals surface area contributed by atoms with Gasteiger partial charge in [0, 0.05) is 43.9 Å². The largest absolute Gasteiger partial charge is 0.504 e. The van der Waals surface area contributed by atoms with Crippen molar-refractivity contribution >= 4 is 24.8 Å². The number of ether oxygens (including phenoxy) is 1. The molecule has 1 heterocycles. The Kier molecular flexibility index (Phi) is 9.22. The molecule has 0 bridgehead atoms. The predicted molar refractivity (Wildman–Crippen MR) is 91.3 cm³/mol. The van der Waals surface area contributed by atoms with Crippen LogP contribution in [-0.4, -0.2) is 43.3 Å². The standard InChI is InChI=1S/C15H21N3O2.2ClH/c1-3-13(18-6-4-17-5-7-18)12-8-11(10-16)9-14(20-2)15(12)19;;/h8-9,13,17,19H,3-7H2,1-2H3;2*1H/t13-;;/m1../s1. The molecular weight excluding hydrogens is 325 g/mol. The van der Waals surface area contributed by atoms with Crippen LogP contribution in [-0.2, 0) is 0 Å². The third-order valence-electron chi connectivity index (χ3n) is 3.79. The Hall–Kier alpha value is -1.19. The molecule has 124 valence electrons. The molecule has 1 saturated heterocycles. The highest BCUT2D eigenvalue weighted by molar-refractivity contribution is 5.85. The molecule has 0 aliphatic carbocycles. The first kappa shape index (κ1) is 20.8. The van der Waals surface area contributed by atoms with Gasteiger partial charge in [0.1, 0.15) is 0 Å². The van der Waals surface area contributed by atoms with E-state index in [1.807, 2.05) is 0 Å². The van der Waals surface area contributed by atoms with Crippen LogP contribution in [0.2, 0.25) is 0 Å². The van der Waals surface area contributed by atoms with Gasteiger partial charge in [-0.3, -0.25) is 4.90 Å². The second-order valence-corrected chi connectivity index (χ2v) is 4.94. The SMILES string of the molecule is CC[C@H](c1cc(C#N)cc(OC)c1O)N1CCNCC1.Cl.Cl. The Balaban J connectivity index is 0.00000220. The van der Waals surface area contributed by atoms with Gasteiger partial charge in [0.05, 0.1) is 18.7 Å². The van der Waals surface area contributed by atoms with Crippen molar-refractivity contribution in [2.45, 2.75) is 19.4 Å². The Morgan fingerprint density at radius 3 is 2.50 bits per heavy atom. The van der Waals surface area contributed by atoms with Crippen molar-refractivity contribution in [3.63, 3.8) is 0 Å². The smallest absolute Gasteiger partial charge is 0.162 e. The molecule has 22 heavy (non-hydrogen) atoms. The van der Waals surface area contributed by atoms with E-state index in [1.165, 1.54) is 7.11 Å². The Morgan fingerprint density at radius 1 is 1.36 bits per heavy atom. The highest BCUT2D eigenvalue weighted by atomic mass is 35.5. The van der Waals surface area contributed by atoms with E-state index in [0.717, 1.165) is 38.2 Å². The van der Waals surface area contributed by atoms with E-state index < -0.39 is 0 Å². The fourth-order valence-electron chi connectivity index (χ4n) is 2.77. The minimum atomic E-state index is 0. The zero-order valence-corrected chi connectivity index (χ0v) is 14.5. The molecule has 7 heteroatoms. The fourth-order valence-corrected chi connectivity index (χ4v) is 2.77. The van der Waals surface area contributed by atoms with Crippen LogP contribution < -0.4 is 10.1 Å². The van der Waals surface area contributed by atoms with Crippen molar-refractivity contribution in [3.05, 3.63) is 23.3 Å². The number of hydrogen-bond acceptors (Lipinski definition) is 5. The number of hydrogen-bond donors (Lipinski definition) is 2. The van der Waals surface area contributed by atoms with Gasteiger partial charge < -0.3 is 15.2 Å². The lowest BCUT2D eigenvalue weighted by atomic mass is 9.98. The van der Waals surface area contributed by atoms with Gasteiger partial charge in [-0.2, -0.15) is 5.26 Å². The van der Waals surface area contributed by atoms with Crippen LogP contribution in [0, 0.1) is 11.3 Å². The van der Waals surface area contributed by atoms with E-state index in [1.54, 1.807) is 12.1 Å². The van der Waals surface area contributed by atoms with E-state index in [9.17, 15) is 5.11 Å². The number of nitriles is 1. The van der Waals surface area contributed by atoms with Crippen LogP contribution in [0.5, 0.6) is 11.5 Å². The van der Waals surface area contributed by atoms with Crippen LogP contribution in [0.3, 0.4) is 0 Å². The van der Waals surface area contributed by atoms with Crippen LogP contribution >= 0.6 is 24.8 Å². The van der Waals surface area contributed by atoms with Gasteiger partial charge in [0.2, 0.25) is 0 Å². The number of methoxy groups -OCH3 is 1. The van der Waals surface area contributed by atoms with Crippen molar-refractivity contribution in [2.24, 2.45) is 0 Å². The Labute approximate surface area is 144 Å². The number of phenolic OH excluding ortho intramolecular Hbond substituents is 1. The second-order valence-electron chi connectivity index (χ2n) is 4.94. The number of nitrogens with one attached hydrogen (secondary N) is 1. The number of piperazine rings is 1. The number of benzene rings is 1. The average molecular weight is 348 g/mol. The second kappa shape index (κ2) is 9.75. The molecule has 0 unspecified atom stereocenters. The molecule has 1 aliphatic rings. The van der Waals surface area contributed by atoms with Gasteiger partial charge >= 0.3 is 0 Å². The maximum atomic E-state index is 10.4. The minimum absolute atomic E-state index is 0. The lowest BCUT2D eigenvalue weighted by Crippen LogP contribution is -2.45. The van der Waals surface area contributed by atoms with Gasteiger partial charge in [-0.15, -0.1) is 24.8 Å². The maximum Gasteiger partial charge on any atom is 0.162 e. The van der Waals surface area contributed by atoms with Crippen LogP contribution in [0.25, 0.3) is 0 Å². The molecule has 1 aromatic rings. The molecule has 0 saturated carbocycles. The number of phenols is 1. The summed E-state index contributed by atoms with van der Waals surface area (Å²) >= 11 is 0. The summed E-state index contributed by atoms with van der Waals surface area (Å²) in [6.45, 7) is 5.88. The first-order chi connectivity index (χ1) is 9.71. The van der Waals surface area contributed by atoms with Gasteiger partial charge in [-0.1, -0.05) is 6.92 Å². The Bertz CT molecular complexity index is 514. The summed E-state index contributed by atoms with van der Waals surface area (Å²) in [4.78, 5) is 2.34. The molecule has 0 radical (unpaired) electrons. The monoisotopic (exact) mass is 347 g/mol. The van der Waals surface area contributed by atoms with Gasteiger partial charge in [-0.25, -0.2) is 0 Å². The number of nitrogens with zero attached hydrogens (tertiary/aromatic N) is 2. The summed E-state index contributed by atoms with van der Waals surface area (Å²) in [5.74, 6) is 0.518. The summed E-state index contributed by atoms with van der Waals surface area (Å²) < 4.78 is 5.18. The molecule has 1 fully saturated rings. The Morgan fingerprint density at radius 2 is 2.00 bits per heavy atom. The van der Waals surface area contributed by atoms with Gasteiger partial charge in [0.15, 0.2) is 11.5 Å². The highest BCUT2D eigenvalue weighted by Gasteiger charge is 2.25. The van der Waals surface area contributed by atoms with Crippen LogP contribution in [0.1, 0.15) is 30.5 Å². The number of aromatic hydroxyl groups is 1. The average Bonchev–Trinajstić information content (AvgIpc) is 2.50. The first-order valence-corrected chi connectivity index (χ1v) is 6.97. The molecule has 2 rings (SSSR count). The van der Waals surface area contributed by atoms with Crippen molar-refractivity contribution in [2.75, 3.05) is 33.3 Å². The summed E-state index contributed by atoms with van der Waals surface area (Å²) in [6.07, 6.45) is 0.881. The van der Waals surface area contributed by atoms with Crippen LogP contribution in [0.4, 0.5) is 0 Å². The summed E-state index contributed by atoms with van der Waals surface area (Å²) in [6, 6.07) is 5.58. The van der Waals surface area contributed by atoms with E-state index in [0.29, 0.717) is 11.3 Å². The lowest BCUT2D eigenvalue weighted by molar-refractivity contribution is 0.166. The molecule has 1 aromatic carbocycles. The minimum Gasteiger partial charge on any atom is -0.504 e. The quantitative estimate of drug-likeness (QED) is 0.875. The van der Waals surface area contributed by atoms with Crippen LogP contribution in [0.15, 0.2) is 12.1 Å². The molecule has 1 aliphatic heterocycles. The van der Waals surface area contributed by atoms with E-state index >= 15 is 0 Å². The topological polar surface area (TPSA) is 68.5 Å². The summed E-state index contributed by atoms with van der Waals surface area (Å²) in [7, 11) is 1.51. The first-order valence-electron chi connectivity index (χ1n) is 6.97. The molecule has 0 amide bonds. The normalized spacial score (nSPS) is 15.9. The molecule has 1 atom stereocenters. The predicted octanol–water partition coefficient (Wildman–Crippen LogP) is 2.47. The number of halogens is 2. The van der Waals surface area contributed by atoms with E-state index in [2.05, 4.69) is 23.2 Å². The molecule has 0 aromatic heterocycles. The van der Waals surface area contributed by atoms with Gasteiger partial charge in [-0.05, 0) is 12.5 Å². The fraction of sp³-hybridized carbons (Fsp3) is 0.533. The number of rotatable bonds is 4. The zero-order chi connectivity index (χ0) is 14.5. The van der Waals surface area contributed by atoms with Gasteiger partial charge in [0.25, 0.3) is 0 Å². The van der Waals surface area contributed by atoms with Crippen molar-refractivity contribution in [3.8, 4) is 17.6 Å². The zero-order valence-electron chi connectivity index (χ0n) is 12.8. The third kappa shape index (κ3) is 4.40. The van der Waals surface area contributed by atoms with E-state index in [-0.39, 0.29) is 36.6 Å². The summed E-state index contributed by atoms with van der Waals surface area (Å²) in [5.41, 5.74) is 1.30. The maximum absolute atomic E-state index is 10.4. The molecule has 2 N–H and O–H groups in total. The third-order valence-corrected chi connectivity index (χ3v) is 3.79. The summed E-state index contributed by atoms with van der Waals surface area (Å²) in [5, 5.41) is 22.8. The molecular formula is C15H23Cl2N3O2. The lowest BCUT2D eigenvalue weighted by Gasteiger charge is -2.35. The molecule has 5 nitrogen and oxygen atoms in total. The van der Waals surface area contributed by atoms with Crippen molar-refractivity contribution in [1.82, 2.24) is 10.2 Å². The molecule has 0 spiro atoms. The van der Waals surface area contributed by atoms with Crippen molar-refractivity contribution in [1.29, 1.82) is 5.26 Å². The van der Waals surface area contributed by atoms with Crippen molar-refractivity contribution < 1.29 is 9.84 Å².